The first-order valence-corrected chi connectivity index (χ1v) is 6.96. The topological polar surface area (TPSA) is 79.3 Å². The van der Waals surface area contributed by atoms with Gasteiger partial charge in [0.05, 0.1) is 17.3 Å². The van der Waals surface area contributed by atoms with Crippen molar-refractivity contribution in [1.29, 1.82) is 0 Å². The molecule has 0 bridgehead atoms. The Labute approximate surface area is 120 Å². The van der Waals surface area contributed by atoms with E-state index >= 15 is 0 Å². The molecule has 0 spiro atoms. The van der Waals surface area contributed by atoms with Gasteiger partial charge in [-0.25, -0.2) is 0 Å². The molecule has 0 aromatic carbocycles. The molecule has 2 N–H and O–H groups in total. The molecule has 0 radical (unpaired) electrons. The van der Waals surface area contributed by atoms with Crippen LogP contribution < -0.4 is 5.32 Å². The van der Waals surface area contributed by atoms with Crippen LogP contribution in [0.5, 0.6) is 0 Å². The van der Waals surface area contributed by atoms with Gasteiger partial charge in [0, 0.05) is 18.9 Å². The van der Waals surface area contributed by atoms with Crippen LogP contribution in [-0.4, -0.2) is 27.9 Å². The summed E-state index contributed by atoms with van der Waals surface area (Å²) < 4.78 is 0. The third kappa shape index (κ3) is 3.97. The second-order valence-corrected chi connectivity index (χ2v) is 5.18. The number of aromatic nitrogens is 1. The Morgan fingerprint density at radius 1 is 1.30 bits per heavy atom. The first kappa shape index (κ1) is 14.4. The van der Waals surface area contributed by atoms with E-state index in [1.807, 2.05) is 12.1 Å². The molecule has 2 aromatic heterocycles. The lowest BCUT2D eigenvalue weighted by Gasteiger charge is -2.15. The summed E-state index contributed by atoms with van der Waals surface area (Å²) in [5, 5.41) is 13.7. The number of nitrogens with zero attached hydrogens (tertiary/aromatic N) is 1. The fourth-order valence-corrected chi connectivity index (χ4v) is 2.48. The van der Waals surface area contributed by atoms with Gasteiger partial charge in [0.25, 0.3) is 0 Å². The quantitative estimate of drug-likeness (QED) is 0.762. The number of thiophene rings is 1. The molecule has 0 saturated carbocycles. The number of hydrogen-bond donors (Lipinski definition) is 2. The van der Waals surface area contributed by atoms with Gasteiger partial charge < -0.3 is 10.4 Å². The monoisotopic (exact) mass is 290 g/mol. The molecule has 1 atom stereocenters. The lowest BCUT2D eigenvalue weighted by molar-refractivity contribution is -0.137. The number of rotatable bonds is 7. The maximum atomic E-state index is 12.2. The molecule has 0 aliphatic rings. The number of ketones is 1. The fraction of sp³-hybridized carbons (Fsp3) is 0.214. The molecule has 0 aliphatic heterocycles. The summed E-state index contributed by atoms with van der Waals surface area (Å²) in [5.74, 6) is -1.18. The van der Waals surface area contributed by atoms with Gasteiger partial charge in [-0.2, -0.15) is 0 Å². The Morgan fingerprint density at radius 2 is 2.05 bits per heavy atom. The van der Waals surface area contributed by atoms with Crippen molar-refractivity contribution in [3.05, 3.63) is 52.5 Å². The molecule has 0 saturated heterocycles. The molecular weight excluding hydrogens is 276 g/mol. The first-order valence-electron chi connectivity index (χ1n) is 6.08. The van der Waals surface area contributed by atoms with Crippen molar-refractivity contribution >= 4 is 23.1 Å². The van der Waals surface area contributed by atoms with Crippen LogP contribution in [0.25, 0.3) is 0 Å². The zero-order valence-corrected chi connectivity index (χ0v) is 11.5. The normalized spacial score (nSPS) is 12.0. The highest BCUT2D eigenvalue weighted by Crippen LogP contribution is 2.13. The van der Waals surface area contributed by atoms with Crippen molar-refractivity contribution in [3.8, 4) is 0 Å². The smallest absolute Gasteiger partial charge is 0.305 e. The van der Waals surface area contributed by atoms with Crippen LogP contribution in [0.3, 0.4) is 0 Å². The number of pyridine rings is 1. The van der Waals surface area contributed by atoms with E-state index in [0.29, 0.717) is 11.4 Å². The Balaban J connectivity index is 2.04. The van der Waals surface area contributed by atoms with E-state index in [0.717, 1.165) is 5.56 Å². The maximum absolute atomic E-state index is 12.2. The molecule has 0 fully saturated rings. The Hall–Kier alpha value is -2.05. The van der Waals surface area contributed by atoms with Gasteiger partial charge in [-0.1, -0.05) is 6.07 Å². The predicted molar refractivity (Wildman–Crippen MR) is 75.8 cm³/mol. The number of carbonyl (C=O) groups is 2. The van der Waals surface area contributed by atoms with Crippen LogP contribution in [0.2, 0.25) is 0 Å². The van der Waals surface area contributed by atoms with E-state index in [1.54, 1.807) is 29.9 Å². The van der Waals surface area contributed by atoms with Gasteiger partial charge in [0.1, 0.15) is 0 Å². The summed E-state index contributed by atoms with van der Waals surface area (Å²) >= 11 is 1.32. The minimum atomic E-state index is -0.998. The summed E-state index contributed by atoms with van der Waals surface area (Å²) in [4.78, 5) is 27.6. The zero-order valence-electron chi connectivity index (χ0n) is 10.7. The van der Waals surface area contributed by atoms with Gasteiger partial charge in [0.2, 0.25) is 0 Å². The van der Waals surface area contributed by atoms with Gasteiger partial charge in [-0.05, 0) is 29.1 Å². The number of carbonyl (C=O) groups excluding carboxylic acids is 1. The highest BCUT2D eigenvalue weighted by molar-refractivity contribution is 7.12. The second kappa shape index (κ2) is 6.93. The standard InChI is InChI=1S/C14H14N2O3S/c17-13(18)8-11(14(19)12-2-1-7-20-12)16-9-10-3-5-15-6-4-10/h1-7,11,16H,8-9H2,(H,17,18). The SMILES string of the molecule is O=C(O)CC(NCc1ccncc1)C(=O)c1cccs1. The molecule has 6 heteroatoms. The summed E-state index contributed by atoms with van der Waals surface area (Å²) in [5.41, 5.74) is 0.953. The van der Waals surface area contributed by atoms with Crippen LogP contribution >= 0.6 is 11.3 Å². The van der Waals surface area contributed by atoms with Crippen molar-refractivity contribution in [2.75, 3.05) is 0 Å². The predicted octanol–water partition coefficient (Wildman–Crippen LogP) is 1.96. The van der Waals surface area contributed by atoms with Crippen molar-refractivity contribution < 1.29 is 14.7 Å². The number of carboxylic acid groups (broad SMARTS) is 1. The number of Topliss-reactive ketones (excluding diaryl/α,β-unsaturated/α-hetero) is 1. The molecule has 20 heavy (non-hydrogen) atoms. The Bertz CT molecular complexity index is 569. The van der Waals surface area contributed by atoms with E-state index in [-0.39, 0.29) is 12.2 Å². The Morgan fingerprint density at radius 3 is 2.65 bits per heavy atom. The number of hydrogen-bond acceptors (Lipinski definition) is 5. The molecular formula is C14H14N2O3S. The zero-order chi connectivity index (χ0) is 14.4. The lowest BCUT2D eigenvalue weighted by atomic mass is 10.1. The van der Waals surface area contributed by atoms with Crippen molar-refractivity contribution in [2.24, 2.45) is 0 Å². The van der Waals surface area contributed by atoms with E-state index < -0.39 is 12.0 Å². The van der Waals surface area contributed by atoms with Gasteiger partial charge in [-0.15, -0.1) is 11.3 Å². The molecule has 2 aromatic rings. The van der Waals surface area contributed by atoms with Crippen LogP contribution in [-0.2, 0) is 11.3 Å². The van der Waals surface area contributed by atoms with Crippen molar-refractivity contribution in [2.45, 2.75) is 19.0 Å². The highest BCUT2D eigenvalue weighted by atomic mass is 32.1. The summed E-state index contributed by atoms with van der Waals surface area (Å²) in [6.07, 6.45) is 3.08. The van der Waals surface area contributed by atoms with E-state index in [4.69, 9.17) is 5.11 Å². The van der Waals surface area contributed by atoms with Crippen LogP contribution in [0.1, 0.15) is 21.7 Å². The van der Waals surface area contributed by atoms with Gasteiger partial charge in [-0.3, -0.25) is 14.6 Å². The number of aliphatic carboxylic acids is 1. The number of nitrogens with one attached hydrogen (secondary N) is 1. The number of carboxylic acids is 1. The highest BCUT2D eigenvalue weighted by Gasteiger charge is 2.23. The first-order chi connectivity index (χ1) is 9.66. The molecule has 1 unspecified atom stereocenters. The molecule has 2 rings (SSSR count). The molecule has 0 amide bonds. The van der Waals surface area contributed by atoms with Gasteiger partial charge in [0.15, 0.2) is 5.78 Å². The third-order valence-corrected chi connectivity index (χ3v) is 3.65. The second-order valence-electron chi connectivity index (χ2n) is 4.23. The summed E-state index contributed by atoms with van der Waals surface area (Å²) in [7, 11) is 0. The molecule has 104 valence electrons. The third-order valence-electron chi connectivity index (χ3n) is 2.76. The minimum absolute atomic E-state index is 0.184. The summed E-state index contributed by atoms with van der Waals surface area (Å²) in [6.45, 7) is 0.428. The fourth-order valence-electron chi connectivity index (χ4n) is 1.76. The molecule has 2 heterocycles. The van der Waals surface area contributed by atoms with Crippen LogP contribution in [0.15, 0.2) is 42.0 Å². The van der Waals surface area contributed by atoms with E-state index in [9.17, 15) is 9.59 Å². The average Bonchev–Trinajstić information content (AvgIpc) is 2.97. The van der Waals surface area contributed by atoms with Crippen LogP contribution in [0, 0.1) is 0 Å². The average molecular weight is 290 g/mol. The molecule has 5 nitrogen and oxygen atoms in total. The Kier molecular flexibility index (Phi) is 4.97. The van der Waals surface area contributed by atoms with E-state index in [2.05, 4.69) is 10.3 Å². The minimum Gasteiger partial charge on any atom is -0.481 e. The lowest BCUT2D eigenvalue weighted by Crippen LogP contribution is -2.38. The van der Waals surface area contributed by atoms with E-state index in [1.165, 1.54) is 11.3 Å². The maximum Gasteiger partial charge on any atom is 0.305 e. The van der Waals surface area contributed by atoms with Gasteiger partial charge >= 0.3 is 5.97 Å². The van der Waals surface area contributed by atoms with Crippen molar-refractivity contribution in [3.63, 3.8) is 0 Å². The van der Waals surface area contributed by atoms with Crippen molar-refractivity contribution in [1.82, 2.24) is 10.3 Å². The van der Waals surface area contributed by atoms with Crippen LogP contribution in [0.4, 0.5) is 0 Å². The largest absolute Gasteiger partial charge is 0.481 e. The molecule has 0 aliphatic carbocycles. The summed E-state index contributed by atoms with van der Waals surface area (Å²) in [6, 6.07) is 6.40.